The Balaban J connectivity index is 1.45. The lowest BCUT2D eigenvalue weighted by molar-refractivity contribution is -0.142. The average molecular weight is 480 g/mol. The summed E-state index contributed by atoms with van der Waals surface area (Å²) in [5.74, 6) is 0.927. The fraction of sp³-hybridized carbons (Fsp3) is 0.333. The van der Waals surface area contributed by atoms with Crippen LogP contribution in [0.4, 0.5) is 0 Å². The number of halogens is 1. The number of aromatic nitrogens is 2. The third kappa shape index (κ3) is 5.28. The SMILES string of the molecule is COc1cc(/C=C2\O[C@H](C)[C@@H](CCCc3ccc(Cl)cc3)N(C)C2=O)ccc1-n1cnc(C)c1. The van der Waals surface area contributed by atoms with E-state index in [1.165, 1.54) is 5.56 Å². The number of likely N-dealkylation sites (N-methyl/N-ethyl adjacent to an activating group) is 1. The number of amides is 1. The van der Waals surface area contributed by atoms with Gasteiger partial charge in [0.15, 0.2) is 5.76 Å². The van der Waals surface area contributed by atoms with Crippen molar-refractivity contribution in [2.75, 3.05) is 14.2 Å². The van der Waals surface area contributed by atoms with Crippen molar-refractivity contribution in [2.45, 2.75) is 45.3 Å². The minimum atomic E-state index is -0.108. The Bertz CT molecular complexity index is 1190. The molecule has 178 valence electrons. The van der Waals surface area contributed by atoms with E-state index in [0.717, 1.165) is 41.2 Å². The van der Waals surface area contributed by atoms with Crippen molar-refractivity contribution in [1.29, 1.82) is 0 Å². The van der Waals surface area contributed by atoms with Crippen molar-refractivity contribution in [3.63, 3.8) is 0 Å². The molecule has 0 unspecified atom stereocenters. The Labute approximate surface area is 205 Å². The van der Waals surface area contributed by atoms with E-state index < -0.39 is 0 Å². The normalized spacial score (nSPS) is 19.4. The van der Waals surface area contributed by atoms with Crippen LogP contribution >= 0.6 is 11.6 Å². The minimum Gasteiger partial charge on any atom is -0.495 e. The second-order valence-corrected chi connectivity index (χ2v) is 9.12. The number of carbonyl (C=O) groups excluding carboxylic acids is 1. The quantitative estimate of drug-likeness (QED) is 0.423. The molecule has 2 heterocycles. The number of methoxy groups -OCH3 is 1. The van der Waals surface area contributed by atoms with Crippen LogP contribution in [-0.4, -0.2) is 46.7 Å². The Morgan fingerprint density at radius 1 is 1.21 bits per heavy atom. The number of rotatable bonds is 7. The lowest BCUT2D eigenvalue weighted by atomic mass is 9.99. The molecule has 4 rings (SSSR count). The summed E-state index contributed by atoms with van der Waals surface area (Å²) in [5, 5.41) is 0.742. The van der Waals surface area contributed by atoms with E-state index in [1.807, 2.05) is 79.0 Å². The van der Waals surface area contributed by atoms with E-state index in [0.29, 0.717) is 11.5 Å². The van der Waals surface area contributed by atoms with Crippen molar-refractivity contribution in [2.24, 2.45) is 0 Å². The zero-order chi connectivity index (χ0) is 24.2. The first-order valence-electron chi connectivity index (χ1n) is 11.4. The lowest BCUT2D eigenvalue weighted by Crippen LogP contribution is -2.50. The predicted octanol–water partition coefficient (Wildman–Crippen LogP) is 5.45. The van der Waals surface area contributed by atoms with Crippen LogP contribution in [0.5, 0.6) is 5.75 Å². The highest BCUT2D eigenvalue weighted by Gasteiger charge is 2.35. The van der Waals surface area contributed by atoms with Gasteiger partial charge in [0.05, 0.1) is 30.9 Å². The van der Waals surface area contributed by atoms with Crippen molar-refractivity contribution >= 4 is 23.6 Å². The summed E-state index contributed by atoms with van der Waals surface area (Å²) in [5.41, 5.74) is 3.88. The van der Waals surface area contributed by atoms with Gasteiger partial charge in [-0.3, -0.25) is 4.79 Å². The molecule has 2 atom stereocenters. The van der Waals surface area contributed by atoms with E-state index in [2.05, 4.69) is 4.98 Å². The predicted molar refractivity (Wildman–Crippen MR) is 134 cm³/mol. The summed E-state index contributed by atoms with van der Waals surface area (Å²) in [7, 11) is 3.49. The van der Waals surface area contributed by atoms with E-state index >= 15 is 0 Å². The molecule has 0 spiro atoms. The van der Waals surface area contributed by atoms with Crippen LogP contribution in [0.3, 0.4) is 0 Å². The Morgan fingerprint density at radius 2 is 1.97 bits per heavy atom. The molecule has 34 heavy (non-hydrogen) atoms. The fourth-order valence-electron chi connectivity index (χ4n) is 4.36. The molecular weight excluding hydrogens is 450 g/mol. The van der Waals surface area contributed by atoms with Crippen molar-refractivity contribution < 1.29 is 14.3 Å². The first-order chi connectivity index (χ1) is 16.4. The number of benzene rings is 2. The molecule has 2 aromatic carbocycles. The van der Waals surface area contributed by atoms with Crippen LogP contribution in [0, 0.1) is 6.92 Å². The van der Waals surface area contributed by atoms with Gasteiger partial charge in [-0.15, -0.1) is 0 Å². The number of hydrogen-bond donors (Lipinski definition) is 0. The molecule has 7 heteroatoms. The molecule has 6 nitrogen and oxygen atoms in total. The first-order valence-corrected chi connectivity index (χ1v) is 11.8. The smallest absolute Gasteiger partial charge is 0.289 e. The second kappa shape index (κ2) is 10.3. The number of nitrogens with zero attached hydrogens (tertiary/aromatic N) is 3. The number of aryl methyl sites for hydroxylation is 2. The van der Waals surface area contributed by atoms with Gasteiger partial charge >= 0.3 is 0 Å². The van der Waals surface area contributed by atoms with Crippen LogP contribution in [0.25, 0.3) is 11.8 Å². The third-order valence-electron chi connectivity index (χ3n) is 6.25. The summed E-state index contributed by atoms with van der Waals surface area (Å²) < 4.78 is 13.6. The van der Waals surface area contributed by atoms with Gasteiger partial charge in [0.1, 0.15) is 11.9 Å². The highest BCUT2D eigenvalue weighted by Crippen LogP contribution is 2.29. The molecule has 0 saturated carbocycles. The third-order valence-corrected chi connectivity index (χ3v) is 6.51. The molecule has 0 radical (unpaired) electrons. The number of ether oxygens (including phenoxy) is 2. The molecule has 0 N–H and O–H groups in total. The maximum Gasteiger partial charge on any atom is 0.289 e. The largest absolute Gasteiger partial charge is 0.495 e. The Morgan fingerprint density at radius 3 is 2.65 bits per heavy atom. The summed E-state index contributed by atoms with van der Waals surface area (Å²) in [6, 6.07) is 13.7. The Kier molecular flexibility index (Phi) is 7.27. The maximum absolute atomic E-state index is 13.1. The summed E-state index contributed by atoms with van der Waals surface area (Å²) in [6.07, 6.45) is 8.14. The van der Waals surface area contributed by atoms with E-state index in [1.54, 1.807) is 19.5 Å². The van der Waals surface area contributed by atoms with Gasteiger partial charge in [-0.1, -0.05) is 29.8 Å². The van der Waals surface area contributed by atoms with Gasteiger partial charge in [0, 0.05) is 18.3 Å². The van der Waals surface area contributed by atoms with Crippen LogP contribution in [0.15, 0.2) is 60.7 Å². The highest BCUT2D eigenvalue weighted by atomic mass is 35.5. The van der Waals surface area contributed by atoms with Crippen LogP contribution in [0.2, 0.25) is 5.02 Å². The summed E-state index contributed by atoms with van der Waals surface area (Å²) >= 11 is 5.97. The standard InChI is InChI=1S/C27H30ClN3O3/c1-18-16-31(17-29-18)24-13-10-21(14-25(24)33-4)15-26-27(32)30(3)23(19(2)34-26)7-5-6-20-8-11-22(28)12-9-20/h8-17,19,23H,5-7H2,1-4H3/b26-15-/t19-,23-/m1/s1. The molecule has 0 aliphatic carbocycles. The number of imidazole rings is 1. The number of hydrogen-bond acceptors (Lipinski definition) is 4. The molecule has 1 fully saturated rings. The van der Waals surface area contributed by atoms with Crippen molar-refractivity contribution in [1.82, 2.24) is 14.5 Å². The highest BCUT2D eigenvalue weighted by molar-refractivity contribution is 6.30. The molecule has 1 saturated heterocycles. The van der Waals surface area contributed by atoms with Gasteiger partial charge in [-0.2, -0.15) is 0 Å². The van der Waals surface area contributed by atoms with Crippen molar-refractivity contribution in [3.05, 3.63) is 82.6 Å². The lowest BCUT2D eigenvalue weighted by Gasteiger charge is -2.38. The van der Waals surface area contributed by atoms with Crippen LogP contribution < -0.4 is 4.74 Å². The molecule has 0 bridgehead atoms. The second-order valence-electron chi connectivity index (χ2n) is 8.69. The molecular formula is C27H30ClN3O3. The monoisotopic (exact) mass is 479 g/mol. The number of carbonyl (C=O) groups is 1. The molecule has 3 aromatic rings. The van der Waals surface area contributed by atoms with Gasteiger partial charge in [0.2, 0.25) is 0 Å². The zero-order valence-electron chi connectivity index (χ0n) is 20.0. The molecule has 1 aliphatic heterocycles. The average Bonchev–Trinajstić information content (AvgIpc) is 3.26. The number of morpholine rings is 1. The van der Waals surface area contributed by atoms with Crippen molar-refractivity contribution in [3.8, 4) is 11.4 Å². The van der Waals surface area contributed by atoms with Crippen LogP contribution in [0.1, 0.15) is 36.6 Å². The van der Waals surface area contributed by atoms with Gasteiger partial charge in [-0.05, 0) is 74.6 Å². The van der Waals surface area contributed by atoms with Crippen LogP contribution in [-0.2, 0) is 16.0 Å². The maximum atomic E-state index is 13.1. The van der Waals surface area contributed by atoms with Gasteiger partial charge in [0.25, 0.3) is 5.91 Å². The molecule has 1 aliphatic rings. The van der Waals surface area contributed by atoms with E-state index in [9.17, 15) is 4.79 Å². The summed E-state index contributed by atoms with van der Waals surface area (Å²) in [6.45, 7) is 3.96. The summed E-state index contributed by atoms with van der Waals surface area (Å²) in [4.78, 5) is 19.2. The first kappa shape index (κ1) is 23.9. The zero-order valence-corrected chi connectivity index (χ0v) is 20.7. The van der Waals surface area contributed by atoms with Gasteiger partial charge in [-0.25, -0.2) is 4.98 Å². The van der Waals surface area contributed by atoms with E-state index in [-0.39, 0.29) is 18.1 Å². The topological polar surface area (TPSA) is 56.6 Å². The minimum absolute atomic E-state index is 0.0262. The fourth-order valence-corrected chi connectivity index (χ4v) is 4.49. The van der Waals surface area contributed by atoms with E-state index in [4.69, 9.17) is 21.1 Å². The van der Waals surface area contributed by atoms with Gasteiger partial charge < -0.3 is 18.9 Å². The molecule has 1 aromatic heterocycles. The molecule has 1 amide bonds. The Hall–Kier alpha value is -3.25.